The van der Waals surface area contributed by atoms with Gasteiger partial charge in [-0.1, -0.05) is 86.6 Å². The largest absolute Gasteiger partial charge is 0.457 e. The Bertz CT molecular complexity index is 2480. The molecule has 2 heterocycles. The molecule has 9 rings (SSSR count). The number of rotatable bonds is 4. The second-order valence-electron chi connectivity index (χ2n) is 12.8. The fraction of sp³-hybridized carbons (Fsp3) is 0.0698. The number of anilines is 3. The predicted octanol–water partition coefficient (Wildman–Crippen LogP) is 12.0. The summed E-state index contributed by atoms with van der Waals surface area (Å²) in [6.45, 7) is 4.48. The van der Waals surface area contributed by atoms with Crippen molar-refractivity contribution >= 4 is 49.6 Å². The lowest BCUT2D eigenvalue weighted by Crippen LogP contribution is -2.24. The minimum atomic E-state index is -0.270. The number of fused-ring (bicyclic) bond motifs is 7. The fourth-order valence-corrected chi connectivity index (χ4v) is 7.40. The Labute approximate surface area is 272 Å². The molecule has 0 spiro atoms. The van der Waals surface area contributed by atoms with E-state index in [-0.39, 0.29) is 11.2 Å². The van der Waals surface area contributed by atoms with E-state index in [1.54, 1.807) is 0 Å². The molecule has 1 aromatic heterocycles. The van der Waals surface area contributed by atoms with Gasteiger partial charge in [0.1, 0.15) is 17.3 Å². The zero-order valence-electron chi connectivity index (χ0n) is 26.1. The number of para-hydroxylation sites is 2. The highest BCUT2D eigenvalue weighted by atomic mass is 19.1. The van der Waals surface area contributed by atoms with Crippen LogP contribution < -0.4 is 9.64 Å². The molecule has 0 saturated heterocycles. The highest BCUT2D eigenvalue weighted by Gasteiger charge is 2.34. The first-order chi connectivity index (χ1) is 23.0. The van der Waals surface area contributed by atoms with E-state index >= 15 is 0 Å². The van der Waals surface area contributed by atoms with Gasteiger partial charge in [-0.15, -0.1) is 0 Å². The molecule has 47 heavy (non-hydrogen) atoms. The number of halogens is 1. The SMILES string of the molecule is CC1(C)c2ccccc2Oc2cc(N(c3ccc(F)cc3)c3ccc4c(c3)c3c5ccccc5ccc3n4-c3ccccc3)ccc21. The zero-order valence-corrected chi connectivity index (χ0v) is 26.1. The van der Waals surface area contributed by atoms with E-state index in [0.29, 0.717) is 0 Å². The second-order valence-corrected chi connectivity index (χ2v) is 12.8. The first kappa shape index (κ1) is 27.4. The van der Waals surface area contributed by atoms with Crippen molar-refractivity contribution in [2.45, 2.75) is 19.3 Å². The van der Waals surface area contributed by atoms with Crippen molar-refractivity contribution < 1.29 is 9.13 Å². The van der Waals surface area contributed by atoms with Crippen molar-refractivity contribution in [2.75, 3.05) is 4.90 Å². The van der Waals surface area contributed by atoms with Crippen LogP contribution in [0.15, 0.2) is 152 Å². The number of hydrogen-bond acceptors (Lipinski definition) is 2. The van der Waals surface area contributed by atoms with Crippen LogP contribution >= 0.6 is 0 Å². The summed E-state index contributed by atoms with van der Waals surface area (Å²) in [6.07, 6.45) is 0. The summed E-state index contributed by atoms with van der Waals surface area (Å²) in [5, 5.41) is 4.76. The van der Waals surface area contributed by atoms with Gasteiger partial charge >= 0.3 is 0 Å². The van der Waals surface area contributed by atoms with Crippen molar-refractivity contribution in [3.8, 4) is 17.2 Å². The molecule has 3 nitrogen and oxygen atoms in total. The van der Waals surface area contributed by atoms with Gasteiger partial charge < -0.3 is 14.2 Å². The zero-order chi connectivity index (χ0) is 31.7. The number of nitrogens with zero attached hydrogens (tertiary/aromatic N) is 2. The van der Waals surface area contributed by atoms with E-state index in [1.807, 2.05) is 30.3 Å². The molecule has 0 radical (unpaired) electrons. The Morgan fingerprint density at radius 3 is 2.06 bits per heavy atom. The molecule has 0 saturated carbocycles. The molecule has 0 unspecified atom stereocenters. The van der Waals surface area contributed by atoms with Crippen LogP contribution in [-0.4, -0.2) is 4.57 Å². The lowest BCUT2D eigenvalue weighted by molar-refractivity contribution is 0.418. The molecule has 0 N–H and O–H groups in total. The Kier molecular flexibility index (Phi) is 6.03. The van der Waals surface area contributed by atoms with E-state index in [2.05, 4.69) is 133 Å². The van der Waals surface area contributed by atoms with Gasteiger partial charge in [-0.25, -0.2) is 4.39 Å². The smallest absolute Gasteiger partial charge is 0.133 e. The minimum absolute atomic E-state index is 0.220. The van der Waals surface area contributed by atoms with Crippen molar-refractivity contribution in [3.63, 3.8) is 0 Å². The van der Waals surface area contributed by atoms with Crippen molar-refractivity contribution in [2.24, 2.45) is 0 Å². The summed E-state index contributed by atoms with van der Waals surface area (Å²) >= 11 is 0. The summed E-state index contributed by atoms with van der Waals surface area (Å²) in [4.78, 5) is 2.19. The van der Waals surface area contributed by atoms with E-state index in [9.17, 15) is 4.39 Å². The minimum Gasteiger partial charge on any atom is -0.457 e. The molecular weight excluding hydrogens is 579 g/mol. The standard InChI is InChI=1S/C43H31FN2O/c1-43(2)36-14-8-9-15-40(36)47-41-27-33(21-23-37(41)43)45(31-19-17-29(44)18-20-31)32-22-25-38-35(26-32)42-34-13-7-6-10-28(34)16-24-39(42)46(38)30-11-4-3-5-12-30/h3-27H,1-2H3. The third-order valence-electron chi connectivity index (χ3n) is 9.67. The van der Waals surface area contributed by atoms with Crippen LogP contribution in [0.25, 0.3) is 38.3 Å². The van der Waals surface area contributed by atoms with Gasteiger partial charge in [0.15, 0.2) is 0 Å². The quantitative estimate of drug-likeness (QED) is 0.197. The monoisotopic (exact) mass is 610 g/mol. The van der Waals surface area contributed by atoms with Crippen LogP contribution in [0.3, 0.4) is 0 Å². The summed E-state index contributed by atoms with van der Waals surface area (Å²) in [6, 6.07) is 51.5. The Hall–Kier alpha value is -5.87. The number of hydrogen-bond donors (Lipinski definition) is 0. The van der Waals surface area contributed by atoms with Gasteiger partial charge in [0.25, 0.3) is 0 Å². The van der Waals surface area contributed by atoms with E-state index in [0.717, 1.165) is 56.2 Å². The van der Waals surface area contributed by atoms with Crippen molar-refractivity contribution in [1.82, 2.24) is 4.57 Å². The van der Waals surface area contributed by atoms with E-state index in [4.69, 9.17) is 4.74 Å². The Morgan fingerprint density at radius 2 is 1.21 bits per heavy atom. The summed E-state index contributed by atoms with van der Waals surface area (Å²) in [7, 11) is 0. The molecule has 1 aliphatic rings. The van der Waals surface area contributed by atoms with Crippen LogP contribution in [0, 0.1) is 5.82 Å². The van der Waals surface area contributed by atoms with Gasteiger partial charge in [-0.2, -0.15) is 0 Å². The number of ether oxygens (including phenoxy) is 1. The Balaban J connectivity index is 1.29. The van der Waals surface area contributed by atoms with Crippen molar-refractivity contribution in [3.05, 3.63) is 169 Å². The molecule has 0 atom stereocenters. The molecule has 4 heteroatoms. The molecule has 1 aliphatic heterocycles. The summed E-state index contributed by atoms with van der Waals surface area (Å²) in [5.74, 6) is 1.43. The van der Waals surface area contributed by atoms with Gasteiger partial charge in [0, 0.05) is 56.1 Å². The molecule has 226 valence electrons. The van der Waals surface area contributed by atoms with E-state index in [1.165, 1.54) is 33.9 Å². The average molecular weight is 611 g/mol. The summed E-state index contributed by atoms with van der Waals surface area (Å²) < 4.78 is 23.1. The molecule has 0 bridgehead atoms. The normalized spacial score (nSPS) is 13.3. The summed E-state index contributed by atoms with van der Waals surface area (Å²) in [5.41, 5.74) is 8.23. The van der Waals surface area contributed by atoms with Gasteiger partial charge in [0.05, 0.1) is 11.0 Å². The highest BCUT2D eigenvalue weighted by molar-refractivity contribution is 6.22. The second kappa shape index (κ2) is 10.3. The first-order valence-electron chi connectivity index (χ1n) is 16.0. The highest BCUT2D eigenvalue weighted by Crippen LogP contribution is 2.50. The average Bonchev–Trinajstić information content (AvgIpc) is 3.44. The molecular formula is C43H31FN2O. The number of benzene rings is 7. The van der Waals surface area contributed by atoms with Gasteiger partial charge in [-0.05, 0) is 83.6 Å². The Morgan fingerprint density at radius 1 is 0.553 bits per heavy atom. The van der Waals surface area contributed by atoms with Crippen LogP contribution in [0.1, 0.15) is 25.0 Å². The topological polar surface area (TPSA) is 17.4 Å². The van der Waals surface area contributed by atoms with Crippen LogP contribution in [-0.2, 0) is 5.41 Å². The van der Waals surface area contributed by atoms with Gasteiger partial charge in [0.2, 0.25) is 0 Å². The molecule has 0 aliphatic carbocycles. The number of aromatic nitrogens is 1. The lowest BCUT2D eigenvalue weighted by Gasteiger charge is -2.35. The maximum absolute atomic E-state index is 14.3. The molecule has 0 amide bonds. The van der Waals surface area contributed by atoms with Crippen LogP contribution in [0.2, 0.25) is 0 Å². The third kappa shape index (κ3) is 4.25. The van der Waals surface area contributed by atoms with Gasteiger partial charge in [-0.3, -0.25) is 0 Å². The fourth-order valence-electron chi connectivity index (χ4n) is 7.40. The van der Waals surface area contributed by atoms with E-state index < -0.39 is 0 Å². The van der Waals surface area contributed by atoms with Crippen LogP contribution in [0.4, 0.5) is 21.5 Å². The molecule has 7 aromatic carbocycles. The predicted molar refractivity (Wildman–Crippen MR) is 192 cm³/mol. The third-order valence-corrected chi connectivity index (χ3v) is 9.67. The molecule has 0 fully saturated rings. The lowest BCUT2D eigenvalue weighted by atomic mass is 9.76. The van der Waals surface area contributed by atoms with Crippen LogP contribution in [0.5, 0.6) is 11.5 Å². The van der Waals surface area contributed by atoms with Crippen molar-refractivity contribution in [1.29, 1.82) is 0 Å². The molecule has 8 aromatic rings. The first-order valence-corrected chi connectivity index (χ1v) is 16.0. The maximum Gasteiger partial charge on any atom is 0.133 e. The maximum atomic E-state index is 14.3.